The molecule has 7 nitrogen and oxygen atoms in total. The predicted molar refractivity (Wildman–Crippen MR) is 55.3 cm³/mol. The quantitative estimate of drug-likeness (QED) is 0.339. The van der Waals surface area contributed by atoms with E-state index in [4.69, 9.17) is 16.8 Å². The molecule has 0 aromatic rings. The van der Waals surface area contributed by atoms with Gasteiger partial charge >= 0.3 is 0 Å². The highest BCUT2D eigenvalue weighted by molar-refractivity contribution is 5.93. The Balaban J connectivity index is 2.63. The van der Waals surface area contributed by atoms with E-state index in [0.717, 1.165) is 12.3 Å². The molecule has 1 heterocycles. The van der Waals surface area contributed by atoms with Crippen LogP contribution in [0, 0.1) is 6.92 Å². The molecule has 1 saturated heterocycles. The minimum Gasteiger partial charge on any atom is -0.394 e. The van der Waals surface area contributed by atoms with Crippen LogP contribution < -0.4 is 5.32 Å². The fourth-order valence-corrected chi connectivity index (χ4v) is 1.52. The normalized spacial score (nSPS) is 38.3. The lowest BCUT2D eigenvalue weighted by Gasteiger charge is -2.40. The van der Waals surface area contributed by atoms with Gasteiger partial charge in [-0.05, 0) is 6.08 Å². The Hall–Kier alpha value is -0.990. The van der Waals surface area contributed by atoms with E-state index in [1.165, 1.54) is 0 Å². The molecule has 0 amide bonds. The number of allylic oxidation sites excluding steroid dienone is 1. The molecular weight excluding hydrogens is 230 g/mol. The summed E-state index contributed by atoms with van der Waals surface area (Å²) in [5, 5.41) is 40.0. The van der Waals surface area contributed by atoms with Gasteiger partial charge in [-0.1, -0.05) is 0 Å². The fourth-order valence-electron chi connectivity index (χ4n) is 1.52. The first-order chi connectivity index (χ1) is 7.97. The lowest BCUT2D eigenvalue weighted by molar-refractivity contribution is -0.252. The van der Waals surface area contributed by atoms with Crippen molar-refractivity contribution in [2.45, 2.75) is 30.6 Å². The largest absolute Gasteiger partial charge is 0.394 e. The second-order valence-corrected chi connectivity index (χ2v) is 3.66. The van der Waals surface area contributed by atoms with Gasteiger partial charge in [0.05, 0.1) is 6.61 Å². The summed E-state index contributed by atoms with van der Waals surface area (Å²) < 4.78 is 4.87. The molecule has 0 aromatic carbocycles. The first kappa shape index (κ1) is 14.1. The maximum absolute atomic E-state index is 10.4. The van der Waals surface area contributed by atoms with Crippen LogP contribution in [0.1, 0.15) is 0 Å². The Morgan fingerprint density at radius 2 is 2.00 bits per heavy atom. The van der Waals surface area contributed by atoms with Crippen molar-refractivity contribution in [2.24, 2.45) is 0 Å². The first-order valence-electron chi connectivity index (χ1n) is 5.00. The Kier molecular flexibility index (Phi) is 5.03. The molecule has 1 aliphatic rings. The van der Waals surface area contributed by atoms with Crippen molar-refractivity contribution in [2.75, 3.05) is 6.61 Å². The Labute approximate surface area is 98.3 Å². The smallest absolute Gasteiger partial charge is 0.178 e. The third kappa shape index (κ3) is 3.48. The molecule has 96 valence electrons. The Morgan fingerprint density at radius 3 is 2.53 bits per heavy atom. The van der Waals surface area contributed by atoms with Crippen LogP contribution in [0.5, 0.6) is 0 Å². The Bertz CT molecular complexity index is 295. The zero-order valence-corrected chi connectivity index (χ0v) is 8.93. The molecule has 0 spiro atoms. The summed E-state index contributed by atoms with van der Waals surface area (Å²) in [5.74, 6) is -0.702. The second-order valence-electron chi connectivity index (χ2n) is 3.66. The molecule has 17 heavy (non-hydrogen) atoms. The molecule has 0 aliphatic carbocycles. The van der Waals surface area contributed by atoms with Gasteiger partial charge in [-0.3, -0.25) is 4.79 Å². The van der Waals surface area contributed by atoms with Gasteiger partial charge in [0.15, 0.2) is 12.1 Å². The molecular formula is C10H15NO6. The molecule has 5 N–H and O–H groups in total. The average Bonchev–Trinajstić information content (AvgIpc) is 2.27. The number of ketones is 1. The number of ether oxygens (including phenoxy) is 1. The van der Waals surface area contributed by atoms with Gasteiger partial charge in [0, 0.05) is 13.1 Å². The van der Waals surface area contributed by atoms with Gasteiger partial charge in [0.2, 0.25) is 0 Å². The lowest BCUT2D eigenvalue weighted by Crippen LogP contribution is -2.62. The molecule has 0 aromatic heterocycles. The minimum absolute atomic E-state index is 0.529. The van der Waals surface area contributed by atoms with Gasteiger partial charge in [-0.25, -0.2) is 0 Å². The van der Waals surface area contributed by atoms with E-state index < -0.39 is 43.0 Å². The van der Waals surface area contributed by atoms with Crippen molar-refractivity contribution in [1.82, 2.24) is 5.32 Å². The topological polar surface area (TPSA) is 119 Å². The molecule has 5 atom stereocenters. The second kappa shape index (κ2) is 6.08. The number of hydrogen-bond acceptors (Lipinski definition) is 7. The molecule has 1 aliphatic heterocycles. The maximum Gasteiger partial charge on any atom is 0.178 e. The SMILES string of the molecule is [CH]C(=O)/C=C\N[C@H]1C(O)O[C@H](CO)[C@@H](O)[C@@H]1O. The minimum atomic E-state index is -1.43. The van der Waals surface area contributed by atoms with E-state index in [9.17, 15) is 20.1 Å². The van der Waals surface area contributed by atoms with Crippen molar-refractivity contribution >= 4 is 5.78 Å². The molecule has 1 unspecified atom stereocenters. The number of aliphatic hydroxyl groups is 4. The van der Waals surface area contributed by atoms with Crippen LogP contribution in [0.3, 0.4) is 0 Å². The summed E-state index contributed by atoms with van der Waals surface area (Å²) >= 11 is 0. The molecule has 0 bridgehead atoms. The van der Waals surface area contributed by atoms with Gasteiger partial charge in [0.1, 0.15) is 24.4 Å². The summed E-state index contributed by atoms with van der Waals surface area (Å²) in [6.07, 6.45) is -3.06. The average molecular weight is 245 g/mol. The zero-order valence-electron chi connectivity index (χ0n) is 8.93. The molecule has 2 radical (unpaired) electrons. The van der Waals surface area contributed by atoms with Crippen LogP contribution >= 0.6 is 0 Å². The van der Waals surface area contributed by atoms with Crippen LogP contribution in [0.15, 0.2) is 12.3 Å². The van der Waals surface area contributed by atoms with E-state index >= 15 is 0 Å². The highest BCUT2D eigenvalue weighted by Crippen LogP contribution is 2.19. The van der Waals surface area contributed by atoms with E-state index in [2.05, 4.69) is 5.32 Å². The molecule has 1 rings (SSSR count). The number of nitrogens with one attached hydrogen (secondary N) is 1. The summed E-state index contributed by atoms with van der Waals surface area (Å²) in [5.41, 5.74) is 0. The van der Waals surface area contributed by atoms with Crippen LogP contribution in [-0.2, 0) is 9.53 Å². The third-order valence-corrected chi connectivity index (χ3v) is 2.44. The lowest BCUT2D eigenvalue weighted by atomic mass is 9.97. The number of rotatable bonds is 4. The monoisotopic (exact) mass is 245 g/mol. The van der Waals surface area contributed by atoms with Crippen molar-refractivity contribution in [3.05, 3.63) is 19.2 Å². The van der Waals surface area contributed by atoms with E-state index in [1.54, 1.807) is 0 Å². The zero-order chi connectivity index (χ0) is 13.0. The fraction of sp³-hybridized carbons (Fsp3) is 0.600. The number of carbonyl (C=O) groups is 1. The summed E-state index contributed by atoms with van der Waals surface area (Å²) in [7, 11) is 0. The highest BCUT2D eigenvalue weighted by Gasteiger charge is 2.43. The van der Waals surface area contributed by atoms with E-state index in [-0.39, 0.29) is 0 Å². The van der Waals surface area contributed by atoms with Crippen molar-refractivity contribution < 1.29 is 30.0 Å². The number of carbonyl (C=O) groups excluding carboxylic acids is 1. The summed E-state index contributed by atoms with van der Waals surface area (Å²) in [6.45, 7) is 4.32. The van der Waals surface area contributed by atoms with Crippen LogP contribution in [0.25, 0.3) is 0 Å². The molecule has 7 heteroatoms. The molecule has 1 fully saturated rings. The van der Waals surface area contributed by atoms with Crippen LogP contribution in [0.4, 0.5) is 0 Å². The maximum atomic E-state index is 10.4. The Morgan fingerprint density at radius 1 is 1.35 bits per heavy atom. The standard InChI is InChI=1S/C10H15NO6/c1-5(13)2-3-11-7-9(15)8(14)6(4-12)17-10(7)16/h1-3,6-12,14-16H,4H2/b3-2-/t6-,7-,8-,9-,10?/m1/s1. The third-order valence-electron chi connectivity index (χ3n) is 2.44. The highest BCUT2D eigenvalue weighted by atomic mass is 16.6. The van der Waals surface area contributed by atoms with Crippen molar-refractivity contribution in [3.8, 4) is 0 Å². The summed E-state index contributed by atoms with van der Waals surface area (Å²) in [4.78, 5) is 10.4. The van der Waals surface area contributed by atoms with Gasteiger partial charge < -0.3 is 30.5 Å². The first-order valence-corrected chi connectivity index (χ1v) is 5.00. The van der Waals surface area contributed by atoms with Gasteiger partial charge in [-0.15, -0.1) is 0 Å². The molecule has 0 saturated carbocycles. The number of aliphatic hydroxyl groups excluding tert-OH is 4. The number of hydrogen-bond donors (Lipinski definition) is 5. The van der Waals surface area contributed by atoms with Gasteiger partial charge in [-0.2, -0.15) is 0 Å². The van der Waals surface area contributed by atoms with Crippen LogP contribution in [-0.4, -0.2) is 63.5 Å². The summed E-state index contributed by atoms with van der Waals surface area (Å²) in [6, 6.07) is -1.02. The van der Waals surface area contributed by atoms with Crippen LogP contribution in [0.2, 0.25) is 0 Å². The van der Waals surface area contributed by atoms with Gasteiger partial charge in [0.25, 0.3) is 0 Å². The van der Waals surface area contributed by atoms with Crippen molar-refractivity contribution in [3.63, 3.8) is 0 Å². The van der Waals surface area contributed by atoms with E-state index in [1.807, 2.05) is 0 Å². The predicted octanol–water partition coefficient (Wildman–Crippen LogP) is -2.83. The van der Waals surface area contributed by atoms with Crippen molar-refractivity contribution in [1.29, 1.82) is 0 Å². The van der Waals surface area contributed by atoms with E-state index in [0.29, 0.717) is 0 Å².